The Morgan fingerprint density at radius 3 is 2.78 bits per heavy atom. The molecule has 0 unspecified atom stereocenters. The lowest BCUT2D eigenvalue weighted by atomic mass is 9.78. The number of ether oxygens (including phenoxy) is 5. The average molecular weight is 564 g/mol. The van der Waals surface area contributed by atoms with Gasteiger partial charge in [-0.3, -0.25) is 19.6 Å². The molecule has 2 fully saturated rings. The van der Waals surface area contributed by atoms with Crippen molar-refractivity contribution < 1.29 is 38.4 Å². The molecule has 0 saturated carbocycles. The van der Waals surface area contributed by atoms with E-state index in [1.165, 1.54) is 7.11 Å². The van der Waals surface area contributed by atoms with E-state index < -0.39 is 17.8 Å². The first kappa shape index (κ1) is 27.1. The molecule has 1 amide bonds. The minimum Gasteiger partial charge on any atom is -0.497 e. The molecule has 2 saturated heterocycles. The number of aliphatic hydroxyl groups is 1. The topological polar surface area (TPSA) is 120 Å². The van der Waals surface area contributed by atoms with Gasteiger partial charge in [-0.25, -0.2) is 4.79 Å². The Morgan fingerprint density at radius 1 is 1.15 bits per heavy atom. The van der Waals surface area contributed by atoms with Gasteiger partial charge in [-0.15, -0.1) is 0 Å². The lowest BCUT2D eigenvalue weighted by Gasteiger charge is -2.44. The van der Waals surface area contributed by atoms with E-state index in [9.17, 15) is 14.7 Å². The van der Waals surface area contributed by atoms with Crippen LogP contribution in [0.15, 0.2) is 48.7 Å². The zero-order chi connectivity index (χ0) is 28.6. The van der Waals surface area contributed by atoms with Crippen LogP contribution in [0.4, 0.5) is 10.5 Å². The molecule has 0 bridgehead atoms. The van der Waals surface area contributed by atoms with Crippen LogP contribution in [0, 0.1) is 5.92 Å². The molecule has 3 aliphatic rings. The number of benzene rings is 2. The third kappa shape index (κ3) is 5.22. The Morgan fingerprint density at radius 2 is 1.98 bits per heavy atom. The number of aromatic nitrogens is 1. The zero-order valence-corrected chi connectivity index (χ0v) is 23.1. The van der Waals surface area contributed by atoms with Crippen LogP contribution in [0.5, 0.6) is 17.2 Å². The molecule has 1 N–H and O–H groups in total. The van der Waals surface area contributed by atoms with Crippen LogP contribution in [0.1, 0.15) is 24.5 Å². The molecule has 1 spiro atoms. The number of β-amino-alcohol motifs (C(OH)–C–C–N with tert-alkyl or cyclic N) is 1. The van der Waals surface area contributed by atoms with Crippen LogP contribution in [0.2, 0.25) is 0 Å². The Bertz CT molecular complexity index is 1460. The van der Waals surface area contributed by atoms with E-state index in [0.717, 1.165) is 16.5 Å². The van der Waals surface area contributed by atoms with E-state index in [1.54, 1.807) is 30.3 Å². The first-order valence-electron chi connectivity index (χ1n) is 13.7. The van der Waals surface area contributed by atoms with Gasteiger partial charge in [-0.1, -0.05) is 0 Å². The van der Waals surface area contributed by atoms with Gasteiger partial charge >= 0.3 is 12.1 Å². The monoisotopic (exact) mass is 563 g/mol. The zero-order valence-electron chi connectivity index (χ0n) is 23.1. The van der Waals surface area contributed by atoms with E-state index in [1.807, 2.05) is 30.3 Å². The van der Waals surface area contributed by atoms with E-state index in [4.69, 9.17) is 23.7 Å². The molecule has 3 atom stereocenters. The minimum absolute atomic E-state index is 0.0841. The van der Waals surface area contributed by atoms with Crippen LogP contribution in [-0.4, -0.2) is 86.3 Å². The summed E-state index contributed by atoms with van der Waals surface area (Å²) in [4.78, 5) is 33.8. The largest absolute Gasteiger partial charge is 0.497 e. The fourth-order valence-corrected chi connectivity index (χ4v) is 6.06. The van der Waals surface area contributed by atoms with Crippen LogP contribution in [0.25, 0.3) is 10.9 Å². The average Bonchev–Trinajstić information content (AvgIpc) is 3.34. The second-order valence-electron chi connectivity index (χ2n) is 10.6. The predicted molar refractivity (Wildman–Crippen MR) is 148 cm³/mol. The van der Waals surface area contributed by atoms with Crippen molar-refractivity contribution in [2.75, 3.05) is 58.5 Å². The van der Waals surface area contributed by atoms with Crippen molar-refractivity contribution in [3.63, 3.8) is 0 Å². The van der Waals surface area contributed by atoms with Crippen molar-refractivity contribution in [3.05, 3.63) is 54.2 Å². The second-order valence-corrected chi connectivity index (χ2v) is 10.6. The Hall–Kier alpha value is -4.09. The molecule has 41 heavy (non-hydrogen) atoms. The van der Waals surface area contributed by atoms with Gasteiger partial charge in [0.2, 0.25) is 0 Å². The van der Waals surface area contributed by atoms with Gasteiger partial charge < -0.3 is 28.8 Å². The number of hydrogen-bond donors (Lipinski definition) is 1. The third-order valence-electron chi connectivity index (χ3n) is 8.26. The maximum Gasteiger partial charge on any atom is 0.415 e. The van der Waals surface area contributed by atoms with Gasteiger partial charge in [0.25, 0.3) is 0 Å². The lowest BCUT2D eigenvalue weighted by Crippen LogP contribution is -2.55. The molecular formula is C30H33N3O8. The molecule has 0 aliphatic carbocycles. The summed E-state index contributed by atoms with van der Waals surface area (Å²) < 4.78 is 27.8. The summed E-state index contributed by atoms with van der Waals surface area (Å²) >= 11 is 0. The fraction of sp³-hybridized carbons (Fsp3) is 0.433. The smallest absolute Gasteiger partial charge is 0.415 e. The van der Waals surface area contributed by atoms with Gasteiger partial charge in [0.1, 0.15) is 24.6 Å². The van der Waals surface area contributed by atoms with Crippen LogP contribution < -0.4 is 19.1 Å². The van der Waals surface area contributed by atoms with Crippen LogP contribution >= 0.6 is 0 Å². The molecule has 216 valence electrons. The summed E-state index contributed by atoms with van der Waals surface area (Å²) in [7, 11) is 2.95. The summed E-state index contributed by atoms with van der Waals surface area (Å²) in [5.41, 5.74) is 1.28. The van der Waals surface area contributed by atoms with Gasteiger partial charge in [0, 0.05) is 49.6 Å². The fourth-order valence-electron chi connectivity index (χ4n) is 6.06. The number of carbonyl (C=O) groups is 2. The standard InChI is InChI=1S/C30H33N3O8/c1-37-21-4-5-24-23(15-21)22(7-9-31-24)25(34)17-32-10-8-30(19(16-32)13-28(35)38-2)18-33(29(36)41-30)20-3-6-26-27(14-20)40-12-11-39-26/h3-7,9,14-15,19,25,34H,8,10-13,16-18H2,1-2H3/t19-,25+,30-/m1/s1. The summed E-state index contributed by atoms with van der Waals surface area (Å²) in [5, 5.41) is 12.1. The molecule has 3 aromatic rings. The number of nitrogens with zero attached hydrogens (tertiary/aromatic N) is 3. The number of piperidine rings is 1. The maximum absolute atomic E-state index is 13.2. The first-order chi connectivity index (χ1) is 19.9. The molecule has 11 nitrogen and oxygen atoms in total. The molecule has 2 aromatic carbocycles. The summed E-state index contributed by atoms with van der Waals surface area (Å²) in [5.74, 6) is 1.19. The quantitative estimate of drug-likeness (QED) is 0.429. The predicted octanol–water partition coefficient (Wildman–Crippen LogP) is 3.33. The number of fused-ring (bicyclic) bond motifs is 2. The molecule has 6 rings (SSSR count). The highest BCUT2D eigenvalue weighted by Gasteiger charge is 2.54. The molecule has 1 aromatic heterocycles. The maximum atomic E-state index is 13.2. The number of amides is 1. The van der Waals surface area contributed by atoms with Crippen LogP contribution in [-0.2, 0) is 14.3 Å². The van der Waals surface area contributed by atoms with E-state index in [2.05, 4.69) is 9.88 Å². The SMILES string of the molecule is COC(=O)C[C@@H]1CN(C[C@H](O)c2ccnc3ccc(OC)cc23)CC[C@@]12CN(c1ccc3c(c1)OCCO3)C(=O)O2. The van der Waals surface area contributed by atoms with E-state index in [0.29, 0.717) is 62.2 Å². The van der Waals surface area contributed by atoms with Crippen LogP contribution in [0.3, 0.4) is 0 Å². The number of aliphatic hydroxyl groups excluding tert-OH is 1. The molecule has 11 heteroatoms. The first-order valence-corrected chi connectivity index (χ1v) is 13.7. The van der Waals surface area contributed by atoms with Gasteiger partial charge in [0.15, 0.2) is 11.5 Å². The number of carbonyl (C=O) groups excluding carboxylic acids is 2. The highest BCUT2D eigenvalue weighted by molar-refractivity contribution is 5.91. The Labute approximate surface area is 237 Å². The molecule has 0 radical (unpaired) electrons. The minimum atomic E-state index is -0.878. The lowest BCUT2D eigenvalue weighted by molar-refractivity contribution is -0.146. The number of rotatable bonds is 7. The summed E-state index contributed by atoms with van der Waals surface area (Å²) in [6.45, 7) is 2.57. The van der Waals surface area contributed by atoms with Crippen molar-refractivity contribution in [3.8, 4) is 17.2 Å². The molecule has 3 aliphatic heterocycles. The highest BCUT2D eigenvalue weighted by Crippen LogP contribution is 2.43. The van der Waals surface area contributed by atoms with Crippen molar-refractivity contribution >= 4 is 28.7 Å². The normalized spacial score (nSPS) is 23.0. The van der Waals surface area contributed by atoms with Crippen molar-refractivity contribution in [2.45, 2.75) is 24.5 Å². The molecule has 4 heterocycles. The number of esters is 1. The van der Waals surface area contributed by atoms with Gasteiger partial charge in [0.05, 0.1) is 44.5 Å². The number of methoxy groups -OCH3 is 2. The van der Waals surface area contributed by atoms with E-state index in [-0.39, 0.29) is 24.9 Å². The Kier molecular flexibility index (Phi) is 7.31. The van der Waals surface area contributed by atoms with Crippen molar-refractivity contribution in [2.24, 2.45) is 5.92 Å². The van der Waals surface area contributed by atoms with Crippen molar-refractivity contribution in [1.82, 2.24) is 9.88 Å². The number of hydrogen-bond acceptors (Lipinski definition) is 10. The number of pyridine rings is 1. The Balaban J connectivity index is 1.21. The summed E-state index contributed by atoms with van der Waals surface area (Å²) in [6.07, 6.45) is 0.992. The summed E-state index contributed by atoms with van der Waals surface area (Å²) in [6, 6.07) is 12.8. The second kappa shape index (κ2) is 11.1. The van der Waals surface area contributed by atoms with Crippen molar-refractivity contribution in [1.29, 1.82) is 0 Å². The van der Waals surface area contributed by atoms with Gasteiger partial charge in [-0.05, 0) is 42.0 Å². The third-order valence-corrected chi connectivity index (χ3v) is 8.26. The number of anilines is 1. The molecular weight excluding hydrogens is 530 g/mol. The van der Waals surface area contributed by atoms with E-state index >= 15 is 0 Å². The van der Waals surface area contributed by atoms with Gasteiger partial charge in [-0.2, -0.15) is 0 Å². The number of likely N-dealkylation sites (tertiary alicyclic amines) is 1. The highest BCUT2D eigenvalue weighted by atomic mass is 16.6.